The van der Waals surface area contributed by atoms with Crippen LogP contribution in [0.5, 0.6) is 0 Å². The molecule has 1 saturated heterocycles. The predicted molar refractivity (Wildman–Crippen MR) is 126 cm³/mol. The van der Waals surface area contributed by atoms with Gasteiger partial charge in [0.2, 0.25) is 0 Å². The van der Waals surface area contributed by atoms with Crippen LogP contribution in [-0.2, 0) is 9.47 Å². The first-order chi connectivity index (χ1) is 14.4. The molecule has 0 radical (unpaired) electrons. The maximum atomic E-state index is 5.86. The maximum absolute atomic E-state index is 5.86. The van der Waals surface area contributed by atoms with Gasteiger partial charge in [-0.3, -0.25) is 4.90 Å². The number of hydrazine groups is 1. The number of allylic oxidation sites excluding steroid dienone is 2. The summed E-state index contributed by atoms with van der Waals surface area (Å²) < 4.78 is 11.3. The predicted octanol–water partition coefficient (Wildman–Crippen LogP) is 1.07. The van der Waals surface area contributed by atoms with Crippen LogP contribution in [0.3, 0.4) is 0 Å². The van der Waals surface area contributed by atoms with Crippen LogP contribution >= 0.6 is 11.8 Å². The van der Waals surface area contributed by atoms with E-state index < -0.39 is 0 Å². The summed E-state index contributed by atoms with van der Waals surface area (Å²) in [6.45, 7) is 1.82. The second kappa shape index (κ2) is 13.6. The van der Waals surface area contributed by atoms with Gasteiger partial charge in [0.25, 0.3) is 0 Å². The van der Waals surface area contributed by atoms with Crippen molar-refractivity contribution in [3.8, 4) is 0 Å². The molecule has 0 saturated carbocycles. The Kier molecular flexibility index (Phi) is 11.6. The van der Waals surface area contributed by atoms with Crippen molar-refractivity contribution in [2.45, 2.75) is 68.4 Å². The third kappa shape index (κ3) is 6.79. The molecule has 178 valence electrons. The zero-order valence-corrected chi connectivity index (χ0v) is 19.3. The van der Waals surface area contributed by atoms with Crippen molar-refractivity contribution in [2.24, 2.45) is 5.92 Å². The van der Waals surface area contributed by atoms with E-state index in [1.807, 2.05) is 18.0 Å². The van der Waals surface area contributed by atoms with Crippen LogP contribution in [-0.4, -0.2) is 71.7 Å². The lowest BCUT2D eigenvalue weighted by Gasteiger charge is -2.37. The van der Waals surface area contributed by atoms with Crippen LogP contribution in [0, 0.1) is 5.92 Å². The SMILES string of the molecule is COCC1C=CCCC1NCCSC1NNC(C2CC=CO2)N1C1C=CCCC1.O.O. The van der Waals surface area contributed by atoms with Crippen LogP contribution in [0.4, 0.5) is 0 Å². The molecule has 0 spiro atoms. The Bertz CT molecular complexity index is 598. The second-order valence-corrected chi connectivity index (χ2v) is 9.49. The summed E-state index contributed by atoms with van der Waals surface area (Å²) in [7, 11) is 1.79. The minimum absolute atomic E-state index is 0. The molecule has 0 aromatic rings. The van der Waals surface area contributed by atoms with E-state index in [4.69, 9.17) is 9.47 Å². The van der Waals surface area contributed by atoms with Crippen LogP contribution in [0.2, 0.25) is 0 Å². The number of thioether (sulfide) groups is 1. The smallest absolute Gasteiger partial charge is 0.131 e. The van der Waals surface area contributed by atoms with Gasteiger partial charge >= 0.3 is 0 Å². The Morgan fingerprint density at radius 2 is 2.00 bits per heavy atom. The van der Waals surface area contributed by atoms with Crippen LogP contribution in [0.15, 0.2) is 36.6 Å². The van der Waals surface area contributed by atoms with Gasteiger partial charge in [-0.05, 0) is 38.2 Å². The fourth-order valence-electron chi connectivity index (χ4n) is 4.82. The Labute approximate surface area is 190 Å². The number of rotatable bonds is 9. The molecular formula is C22H40N4O4S. The molecule has 6 atom stereocenters. The summed E-state index contributed by atoms with van der Waals surface area (Å²) >= 11 is 1.98. The largest absolute Gasteiger partial charge is 0.495 e. The average molecular weight is 457 g/mol. The van der Waals surface area contributed by atoms with Gasteiger partial charge in [0.1, 0.15) is 17.8 Å². The molecule has 4 aliphatic rings. The lowest BCUT2D eigenvalue weighted by molar-refractivity contribution is 0.0454. The Morgan fingerprint density at radius 3 is 2.74 bits per heavy atom. The Hall–Kier alpha value is -0.910. The molecule has 0 aromatic heterocycles. The van der Waals surface area contributed by atoms with Crippen molar-refractivity contribution in [2.75, 3.05) is 26.0 Å². The molecule has 9 heteroatoms. The summed E-state index contributed by atoms with van der Waals surface area (Å²) in [5, 5.41) is 3.77. The van der Waals surface area contributed by atoms with Gasteiger partial charge in [-0.2, -0.15) is 0 Å². The van der Waals surface area contributed by atoms with Crippen molar-refractivity contribution >= 4 is 11.8 Å². The van der Waals surface area contributed by atoms with E-state index in [1.54, 1.807) is 7.11 Å². The first-order valence-corrected chi connectivity index (χ1v) is 12.2. The molecule has 8 nitrogen and oxygen atoms in total. The van der Waals surface area contributed by atoms with Crippen molar-refractivity contribution in [1.82, 2.24) is 21.1 Å². The van der Waals surface area contributed by atoms with Gasteiger partial charge in [0.15, 0.2) is 0 Å². The molecule has 2 aliphatic carbocycles. The van der Waals surface area contributed by atoms with E-state index in [1.165, 1.54) is 25.7 Å². The van der Waals surface area contributed by atoms with Gasteiger partial charge < -0.3 is 25.7 Å². The van der Waals surface area contributed by atoms with E-state index in [-0.39, 0.29) is 28.7 Å². The van der Waals surface area contributed by atoms with Crippen molar-refractivity contribution in [3.63, 3.8) is 0 Å². The number of methoxy groups -OCH3 is 1. The quantitative estimate of drug-likeness (QED) is 0.350. The highest BCUT2D eigenvalue weighted by molar-refractivity contribution is 7.99. The zero-order valence-electron chi connectivity index (χ0n) is 18.5. The van der Waals surface area contributed by atoms with Crippen molar-refractivity contribution in [1.29, 1.82) is 0 Å². The molecule has 0 amide bonds. The summed E-state index contributed by atoms with van der Waals surface area (Å²) in [6.07, 6.45) is 20.7. The monoisotopic (exact) mass is 456 g/mol. The number of nitrogens with one attached hydrogen (secondary N) is 3. The minimum Gasteiger partial charge on any atom is -0.495 e. The van der Waals surface area contributed by atoms with E-state index in [2.05, 4.69) is 51.4 Å². The third-order valence-electron chi connectivity index (χ3n) is 6.32. The van der Waals surface area contributed by atoms with E-state index in [9.17, 15) is 0 Å². The fraction of sp³-hybridized carbons (Fsp3) is 0.727. The minimum atomic E-state index is 0. The van der Waals surface area contributed by atoms with E-state index >= 15 is 0 Å². The van der Waals surface area contributed by atoms with Crippen molar-refractivity contribution in [3.05, 3.63) is 36.6 Å². The van der Waals surface area contributed by atoms with E-state index in [0.29, 0.717) is 18.0 Å². The molecule has 31 heavy (non-hydrogen) atoms. The average Bonchev–Trinajstić information content (AvgIpc) is 3.43. The Balaban J connectivity index is 0.00000171. The highest BCUT2D eigenvalue weighted by Crippen LogP contribution is 2.31. The maximum Gasteiger partial charge on any atom is 0.131 e. The molecule has 6 unspecified atom stereocenters. The van der Waals surface area contributed by atoms with Gasteiger partial charge in [-0.15, -0.1) is 11.8 Å². The Morgan fingerprint density at radius 1 is 1.13 bits per heavy atom. The fourth-order valence-corrected chi connectivity index (χ4v) is 5.89. The highest BCUT2D eigenvalue weighted by Gasteiger charge is 2.42. The van der Waals surface area contributed by atoms with Crippen LogP contribution in [0.1, 0.15) is 38.5 Å². The standard InChI is InChI=1S/C22H36N4O2S.2H2O/c1-27-16-17-8-5-6-11-19(17)23-13-15-29-22-25-24-21(20-12-7-14-28-20)26(22)18-9-3-2-4-10-18;;/h3,5,7-9,14,17-25H,2,4,6,10-13,15-16H2,1H3;2*1H2. The lowest BCUT2D eigenvalue weighted by atomic mass is 9.91. The third-order valence-corrected chi connectivity index (χ3v) is 7.43. The number of hydrogen-bond donors (Lipinski definition) is 3. The van der Waals surface area contributed by atoms with E-state index in [0.717, 1.165) is 31.7 Å². The summed E-state index contributed by atoms with van der Waals surface area (Å²) in [5.74, 6) is 1.56. The molecular weight excluding hydrogens is 416 g/mol. The molecule has 2 heterocycles. The van der Waals surface area contributed by atoms with Gasteiger partial charge in [0, 0.05) is 43.8 Å². The number of hydrogen-bond acceptors (Lipinski definition) is 7. The molecule has 2 aliphatic heterocycles. The molecule has 1 fully saturated rings. The first-order valence-electron chi connectivity index (χ1n) is 11.1. The summed E-state index contributed by atoms with van der Waals surface area (Å²) in [5.41, 5.74) is 7.32. The molecule has 4 rings (SSSR count). The summed E-state index contributed by atoms with van der Waals surface area (Å²) in [4.78, 5) is 2.59. The normalized spacial score (nSPS) is 34.9. The molecule has 0 bridgehead atoms. The number of nitrogens with zero attached hydrogens (tertiary/aromatic N) is 1. The number of ether oxygens (including phenoxy) is 2. The van der Waals surface area contributed by atoms with Crippen molar-refractivity contribution < 1.29 is 20.4 Å². The van der Waals surface area contributed by atoms with Crippen LogP contribution in [0.25, 0.3) is 0 Å². The van der Waals surface area contributed by atoms with Gasteiger partial charge in [-0.25, -0.2) is 10.9 Å². The topological polar surface area (TPSA) is 121 Å². The van der Waals surface area contributed by atoms with Gasteiger partial charge in [-0.1, -0.05) is 24.3 Å². The lowest BCUT2D eigenvalue weighted by Crippen LogP contribution is -2.51. The first kappa shape index (κ1) is 26.3. The highest BCUT2D eigenvalue weighted by atomic mass is 32.2. The molecule has 0 aromatic carbocycles. The zero-order chi connectivity index (χ0) is 19.9. The molecule has 7 N–H and O–H groups in total. The summed E-state index contributed by atoms with van der Waals surface area (Å²) in [6, 6.07) is 0.999. The van der Waals surface area contributed by atoms with Gasteiger partial charge in [0.05, 0.1) is 12.9 Å². The second-order valence-electron chi connectivity index (χ2n) is 8.30. The van der Waals surface area contributed by atoms with Crippen LogP contribution < -0.4 is 16.2 Å².